The van der Waals surface area contributed by atoms with Gasteiger partial charge in [-0.2, -0.15) is 0 Å². The molecule has 0 spiro atoms. The minimum absolute atomic E-state index is 0.0620. The molecule has 178 valence electrons. The molecule has 1 fully saturated rings. The summed E-state index contributed by atoms with van der Waals surface area (Å²) in [6.07, 6.45) is 3.93. The van der Waals surface area contributed by atoms with Crippen LogP contribution in [-0.2, 0) is 21.4 Å². The minimum Gasteiger partial charge on any atom is -0.487 e. The number of likely N-dealkylation sites (tertiary alicyclic amines) is 1. The summed E-state index contributed by atoms with van der Waals surface area (Å²) in [6.45, 7) is 7.91. The maximum Gasteiger partial charge on any atom is 0.265 e. The van der Waals surface area contributed by atoms with Crippen LogP contribution in [0.4, 0.5) is 0 Å². The van der Waals surface area contributed by atoms with Crippen LogP contribution in [0.5, 0.6) is 5.75 Å². The van der Waals surface area contributed by atoms with E-state index in [0.29, 0.717) is 27.6 Å². The molecule has 0 radical (unpaired) electrons. The quantitative estimate of drug-likeness (QED) is 0.536. The van der Waals surface area contributed by atoms with Crippen molar-refractivity contribution in [2.24, 2.45) is 17.0 Å². The zero-order chi connectivity index (χ0) is 23.8. The SMILES string of the molecule is CC1CCCN(C(=O)C(C(C)C)n2cc(COc3ccc4nc(S(N)(=O)=O)sc4c3)nn2)C1. The topological polar surface area (TPSA) is 133 Å². The largest absolute Gasteiger partial charge is 0.487 e. The Kier molecular flexibility index (Phi) is 6.68. The van der Waals surface area contributed by atoms with Gasteiger partial charge in [-0.25, -0.2) is 23.2 Å². The summed E-state index contributed by atoms with van der Waals surface area (Å²) in [4.78, 5) is 19.2. The number of fused-ring (bicyclic) bond motifs is 1. The number of carbonyl (C=O) groups is 1. The van der Waals surface area contributed by atoms with E-state index in [1.807, 2.05) is 18.7 Å². The fraction of sp³-hybridized carbons (Fsp3) is 0.524. The Morgan fingerprint density at radius 3 is 2.85 bits per heavy atom. The number of thiazole rings is 1. The molecule has 2 unspecified atom stereocenters. The van der Waals surface area contributed by atoms with E-state index < -0.39 is 16.1 Å². The van der Waals surface area contributed by atoms with Gasteiger partial charge < -0.3 is 9.64 Å². The number of primary sulfonamides is 1. The highest BCUT2D eigenvalue weighted by atomic mass is 32.2. The average Bonchev–Trinajstić information content (AvgIpc) is 3.38. The van der Waals surface area contributed by atoms with Crippen molar-refractivity contribution in [1.82, 2.24) is 24.9 Å². The summed E-state index contributed by atoms with van der Waals surface area (Å²) in [5.41, 5.74) is 1.13. The number of hydrogen-bond acceptors (Lipinski definition) is 8. The number of nitrogens with two attached hydrogens (primary N) is 1. The summed E-state index contributed by atoms with van der Waals surface area (Å²) in [7, 11) is -3.85. The first-order valence-electron chi connectivity index (χ1n) is 10.9. The molecule has 12 heteroatoms. The second-order valence-electron chi connectivity index (χ2n) is 8.85. The van der Waals surface area contributed by atoms with Crippen LogP contribution in [0.1, 0.15) is 45.3 Å². The Hall–Kier alpha value is -2.57. The molecule has 1 aromatic carbocycles. The molecule has 3 aromatic rings. The molecule has 0 saturated carbocycles. The van der Waals surface area contributed by atoms with Crippen molar-refractivity contribution in [1.29, 1.82) is 0 Å². The number of amides is 1. The fourth-order valence-electron chi connectivity index (χ4n) is 4.05. The van der Waals surface area contributed by atoms with Crippen LogP contribution in [-0.4, -0.2) is 52.3 Å². The van der Waals surface area contributed by atoms with Crippen molar-refractivity contribution in [2.75, 3.05) is 13.1 Å². The molecule has 10 nitrogen and oxygen atoms in total. The monoisotopic (exact) mass is 492 g/mol. The summed E-state index contributed by atoms with van der Waals surface area (Å²) >= 11 is 0.990. The highest BCUT2D eigenvalue weighted by Crippen LogP contribution is 2.29. The third-order valence-electron chi connectivity index (χ3n) is 5.67. The van der Waals surface area contributed by atoms with Crippen LogP contribution in [0.2, 0.25) is 0 Å². The van der Waals surface area contributed by atoms with Crippen molar-refractivity contribution >= 4 is 37.5 Å². The van der Waals surface area contributed by atoms with Crippen molar-refractivity contribution in [3.8, 4) is 5.75 Å². The van der Waals surface area contributed by atoms with Gasteiger partial charge in [-0.05, 0) is 42.9 Å². The van der Waals surface area contributed by atoms with Crippen LogP contribution in [0.15, 0.2) is 28.7 Å². The van der Waals surface area contributed by atoms with E-state index in [0.717, 1.165) is 37.3 Å². The lowest BCUT2D eigenvalue weighted by Gasteiger charge is -2.34. The van der Waals surface area contributed by atoms with Gasteiger partial charge in [0.1, 0.15) is 24.1 Å². The summed E-state index contributed by atoms with van der Waals surface area (Å²) < 4.78 is 31.0. The van der Waals surface area contributed by atoms with Gasteiger partial charge in [-0.15, -0.1) is 16.4 Å². The molecule has 2 aromatic heterocycles. The van der Waals surface area contributed by atoms with Crippen molar-refractivity contribution < 1.29 is 17.9 Å². The predicted molar refractivity (Wildman–Crippen MR) is 124 cm³/mol. The van der Waals surface area contributed by atoms with Crippen LogP contribution in [0.3, 0.4) is 0 Å². The van der Waals surface area contributed by atoms with E-state index in [9.17, 15) is 13.2 Å². The van der Waals surface area contributed by atoms with E-state index in [-0.39, 0.29) is 22.8 Å². The molecule has 2 atom stereocenters. The molecule has 33 heavy (non-hydrogen) atoms. The number of hydrogen-bond donors (Lipinski definition) is 1. The van der Waals surface area contributed by atoms with E-state index in [1.165, 1.54) is 0 Å². The Morgan fingerprint density at radius 1 is 1.36 bits per heavy atom. The van der Waals surface area contributed by atoms with Crippen LogP contribution < -0.4 is 9.88 Å². The van der Waals surface area contributed by atoms with Crippen molar-refractivity contribution in [3.05, 3.63) is 30.1 Å². The summed E-state index contributed by atoms with van der Waals surface area (Å²) in [6, 6.07) is 4.68. The van der Waals surface area contributed by atoms with Crippen LogP contribution in [0.25, 0.3) is 10.2 Å². The highest BCUT2D eigenvalue weighted by molar-refractivity contribution is 7.91. The van der Waals surface area contributed by atoms with Crippen molar-refractivity contribution in [3.63, 3.8) is 0 Å². The number of sulfonamides is 1. The second-order valence-corrected chi connectivity index (χ2v) is 11.6. The molecule has 3 heterocycles. The van der Waals surface area contributed by atoms with Gasteiger partial charge in [0.05, 0.1) is 16.4 Å². The third-order valence-corrected chi connectivity index (χ3v) is 8.00. The van der Waals surface area contributed by atoms with Gasteiger partial charge in [0.25, 0.3) is 10.0 Å². The number of piperidine rings is 1. The molecule has 1 saturated heterocycles. The summed E-state index contributed by atoms with van der Waals surface area (Å²) in [5.74, 6) is 1.19. The lowest BCUT2D eigenvalue weighted by molar-refractivity contribution is -0.138. The van der Waals surface area contributed by atoms with Gasteiger partial charge in [-0.1, -0.05) is 26.0 Å². The van der Waals surface area contributed by atoms with Gasteiger partial charge in [0, 0.05) is 13.1 Å². The number of aromatic nitrogens is 4. The Labute approximate surface area is 196 Å². The lowest BCUT2D eigenvalue weighted by atomic mass is 9.97. The molecule has 1 amide bonds. The van der Waals surface area contributed by atoms with Gasteiger partial charge in [-0.3, -0.25) is 4.79 Å². The smallest absolute Gasteiger partial charge is 0.265 e. The first-order chi connectivity index (χ1) is 15.6. The number of rotatable bonds is 7. The minimum atomic E-state index is -3.85. The zero-order valence-corrected chi connectivity index (χ0v) is 20.5. The van der Waals surface area contributed by atoms with E-state index in [4.69, 9.17) is 9.88 Å². The Morgan fingerprint density at radius 2 is 2.15 bits per heavy atom. The van der Waals surface area contributed by atoms with E-state index >= 15 is 0 Å². The first kappa shape index (κ1) is 23.6. The van der Waals surface area contributed by atoms with Crippen LogP contribution >= 0.6 is 11.3 Å². The normalized spacial score (nSPS) is 18.1. The van der Waals surface area contributed by atoms with Gasteiger partial charge >= 0.3 is 0 Å². The number of nitrogens with zero attached hydrogens (tertiary/aromatic N) is 5. The number of carbonyl (C=O) groups excluding carboxylic acids is 1. The maximum absolute atomic E-state index is 13.2. The predicted octanol–water partition coefficient (Wildman–Crippen LogP) is 2.57. The molecular weight excluding hydrogens is 464 g/mol. The second kappa shape index (κ2) is 9.35. The van der Waals surface area contributed by atoms with Crippen molar-refractivity contribution in [2.45, 2.75) is 50.6 Å². The van der Waals surface area contributed by atoms with E-state index in [1.54, 1.807) is 29.1 Å². The van der Waals surface area contributed by atoms with E-state index in [2.05, 4.69) is 22.2 Å². The third kappa shape index (κ3) is 5.33. The summed E-state index contributed by atoms with van der Waals surface area (Å²) in [5, 5.41) is 13.6. The molecule has 0 bridgehead atoms. The standard InChI is InChI=1S/C21H28N6O4S2/c1-13(2)19(20(28)26-8-4-5-14(3)10-26)27-11-15(24-25-27)12-31-16-6-7-17-18(9-16)32-21(23-17)33(22,29)30/h6-7,9,11,13-14,19H,4-5,8,10,12H2,1-3H3,(H2,22,29,30). The Bertz CT molecular complexity index is 1250. The molecule has 2 N–H and O–H groups in total. The number of benzene rings is 1. The fourth-order valence-corrected chi connectivity index (χ4v) is 5.73. The first-order valence-corrected chi connectivity index (χ1v) is 13.2. The average molecular weight is 493 g/mol. The molecule has 1 aliphatic rings. The Balaban J connectivity index is 1.45. The van der Waals surface area contributed by atoms with Gasteiger partial charge in [0.2, 0.25) is 10.2 Å². The highest BCUT2D eigenvalue weighted by Gasteiger charge is 2.32. The molecule has 4 rings (SSSR count). The van der Waals surface area contributed by atoms with Gasteiger partial charge in [0.15, 0.2) is 0 Å². The molecule has 1 aliphatic heterocycles. The number of ether oxygens (including phenoxy) is 1. The molecular formula is C21H28N6O4S2. The lowest BCUT2D eigenvalue weighted by Crippen LogP contribution is -2.44. The van der Waals surface area contributed by atoms with Crippen LogP contribution in [0, 0.1) is 11.8 Å². The zero-order valence-electron chi connectivity index (χ0n) is 18.8. The molecule has 0 aliphatic carbocycles. The maximum atomic E-state index is 13.2.